The first-order chi connectivity index (χ1) is 9.06. The Labute approximate surface area is 121 Å². The number of hydrogen-bond donors (Lipinski definition) is 2. The standard InChI is InChI=1S/C12H15N5S2/c1-7(11-14-3-4-19-11)6-15-12-16-8(2)5-9(17-12)10(13)18/h3-5,7H,6H2,1-2H3,(H2,13,18)(H,15,16,17). The molecule has 2 heterocycles. The highest BCUT2D eigenvalue weighted by molar-refractivity contribution is 7.80. The molecule has 0 spiro atoms. The van der Waals surface area contributed by atoms with Gasteiger partial charge in [0.2, 0.25) is 5.95 Å². The summed E-state index contributed by atoms with van der Waals surface area (Å²) in [5, 5.41) is 6.26. The van der Waals surface area contributed by atoms with Gasteiger partial charge < -0.3 is 11.1 Å². The van der Waals surface area contributed by atoms with Crippen molar-refractivity contribution < 1.29 is 0 Å². The molecule has 2 aromatic rings. The average Bonchev–Trinajstić information content (AvgIpc) is 2.89. The minimum atomic E-state index is 0.279. The van der Waals surface area contributed by atoms with Crippen molar-refractivity contribution in [3.8, 4) is 0 Å². The number of aryl methyl sites for hydroxylation is 1. The van der Waals surface area contributed by atoms with Gasteiger partial charge in [-0.2, -0.15) is 0 Å². The third-order valence-electron chi connectivity index (χ3n) is 2.55. The van der Waals surface area contributed by atoms with E-state index >= 15 is 0 Å². The van der Waals surface area contributed by atoms with Gasteiger partial charge in [-0.05, 0) is 13.0 Å². The SMILES string of the molecule is Cc1cc(C(N)=S)nc(NCC(C)c2nccs2)n1. The van der Waals surface area contributed by atoms with Crippen LogP contribution in [0.5, 0.6) is 0 Å². The van der Waals surface area contributed by atoms with E-state index < -0.39 is 0 Å². The van der Waals surface area contributed by atoms with Gasteiger partial charge in [-0.1, -0.05) is 19.1 Å². The fraction of sp³-hybridized carbons (Fsp3) is 0.333. The molecule has 0 bridgehead atoms. The van der Waals surface area contributed by atoms with Gasteiger partial charge >= 0.3 is 0 Å². The summed E-state index contributed by atoms with van der Waals surface area (Å²) in [6, 6.07) is 1.78. The molecule has 0 saturated heterocycles. The lowest BCUT2D eigenvalue weighted by Crippen LogP contribution is -2.16. The summed E-state index contributed by atoms with van der Waals surface area (Å²) in [6.07, 6.45) is 1.81. The zero-order valence-electron chi connectivity index (χ0n) is 10.8. The van der Waals surface area contributed by atoms with E-state index in [1.165, 1.54) is 0 Å². The fourth-order valence-corrected chi connectivity index (χ4v) is 2.39. The van der Waals surface area contributed by atoms with Crippen molar-refractivity contribution in [3.05, 3.63) is 34.0 Å². The lowest BCUT2D eigenvalue weighted by molar-refractivity contribution is 0.786. The Bertz CT molecular complexity index is 568. The van der Waals surface area contributed by atoms with Gasteiger partial charge in [0.15, 0.2) is 0 Å². The number of thiazole rings is 1. The summed E-state index contributed by atoms with van der Waals surface area (Å²) < 4.78 is 0. The summed E-state index contributed by atoms with van der Waals surface area (Å²) >= 11 is 6.58. The highest BCUT2D eigenvalue weighted by atomic mass is 32.1. The topological polar surface area (TPSA) is 76.7 Å². The van der Waals surface area contributed by atoms with Crippen LogP contribution in [0.1, 0.15) is 29.2 Å². The van der Waals surface area contributed by atoms with Crippen LogP contribution in [0.3, 0.4) is 0 Å². The highest BCUT2D eigenvalue weighted by Crippen LogP contribution is 2.17. The molecule has 2 aromatic heterocycles. The van der Waals surface area contributed by atoms with Crippen LogP contribution in [-0.4, -0.2) is 26.5 Å². The molecular formula is C12H15N5S2. The quantitative estimate of drug-likeness (QED) is 0.822. The first kappa shape index (κ1) is 13.8. The monoisotopic (exact) mass is 293 g/mol. The Kier molecular flexibility index (Phi) is 4.39. The lowest BCUT2D eigenvalue weighted by Gasteiger charge is -2.11. The fourth-order valence-electron chi connectivity index (χ4n) is 1.58. The van der Waals surface area contributed by atoms with Gasteiger partial charge in [0, 0.05) is 29.7 Å². The van der Waals surface area contributed by atoms with Crippen molar-refractivity contribution in [2.45, 2.75) is 19.8 Å². The summed E-state index contributed by atoms with van der Waals surface area (Å²) in [7, 11) is 0. The smallest absolute Gasteiger partial charge is 0.223 e. The van der Waals surface area contributed by atoms with E-state index in [9.17, 15) is 0 Å². The summed E-state index contributed by atoms with van der Waals surface area (Å²) in [4.78, 5) is 13.2. The predicted molar refractivity (Wildman–Crippen MR) is 81.7 cm³/mol. The Morgan fingerprint density at radius 1 is 1.53 bits per heavy atom. The predicted octanol–water partition coefficient (Wildman–Crippen LogP) is 2.09. The maximum absolute atomic E-state index is 5.59. The molecule has 0 aliphatic heterocycles. The van der Waals surface area contributed by atoms with E-state index in [1.54, 1.807) is 17.4 Å². The number of nitrogens with zero attached hydrogens (tertiary/aromatic N) is 3. The Morgan fingerprint density at radius 3 is 2.95 bits per heavy atom. The van der Waals surface area contributed by atoms with Gasteiger partial charge in [-0.3, -0.25) is 0 Å². The number of rotatable bonds is 5. The van der Waals surface area contributed by atoms with E-state index in [1.807, 2.05) is 18.5 Å². The number of hydrogen-bond acceptors (Lipinski definition) is 6. The number of nitrogens with two attached hydrogens (primary N) is 1. The molecule has 19 heavy (non-hydrogen) atoms. The lowest BCUT2D eigenvalue weighted by atomic mass is 10.2. The van der Waals surface area contributed by atoms with Gasteiger partial charge in [0.25, 0.3) is 0 Å². The summed E-state index contributed by atoms with van der Waals surface area (Å²) in [5.74, 6) is 0.851. The molecule has 1 unspecified atom stereocenters. The van der Waals surface area contributed by atoms with Crippen LogP contribution in [0.15, 0.2) is 17.6 Å². The van der Waals surface area contributed by atoms with Crippen molar-refractivity contribution in [1.82, 2.24) is 15.0 Å². The minimum absolute atomic E-state index is 0.279. The molecule has 7 heteroatoms. The van der Waals surface area contributed by atoms with Crippen molar-refractivity contribution in [3.63, 3.8) is 0 Å². The number of anilines is 1. The van der Waals surface area contributed by atoms with Crippen LogP contribution < -0.4 is 11.1 Å². The number of aromatic nitrogens is 3. The largest absolute Gasteiger partial charge is 0.388 e. The molecule has 1 atom stereocenters. The summed E-state index contributed by atoms with van der Waals surface area (Å²) in [6.45, 7) is 4.71. The Balaban J connectivity index is 2.05. The van der Waals surface area contributed by atoms with E-state index in [4.69, 9.17) is 18.0 Å². The molecule has 100 valence electrons. The molecule has 0 amide bonds. The van der Waals surface area contributed by atoms with E-state index in [0.717, 1.165) is 10.7 Å². The molecular weight excluding hydrogens is 278 g/mol. The van der Waals surface area contributed by atoms with Gasteiger partial charge in [0.05, 0.1) is 5.01 Å². The highest BCUT2D eigenvalue weighted by Gasteiger charge is 2.10. The second kappa shape index (κ2) is 6.03. The van der Waals surface area contributed by atoms with Crippen LogP contribution in [0.4, 0.5) is 5.95 Å². The van der Waals surface area contributed by atoms with Gasteiger partial charge in [0.1, 0.15) is 10.7 Å². The Morgan fingerprint density at radius 2 is 2.32 bits per heavy atom. The van der Waals surface area contributed by atoms with E-state index in [0.29, 0.717) is 24.1 Å². The number of thiocarbonyl (C=S) groups is 1. The molecule has 0 fully saturated rings. The first-order valence-electron chi connectivity index (χ1n) is 5.85. The molecule has 0 aliphatic rings. The molecule has 0 aliphatic carbocycles. The first-order valence-corrected chi connectivity index (χ1v) is 7.14. The van der Waals surface area contributed by atoms with Crippen molar-refractivity contribution >= 4 is 34.5 Å². The second-order valence-corrected chi connectivity index (χ2v) is 5.60. The normalized spacial score (nSPS) is 12.1. The van der Waals surface area contributed by atoms with E-state index in [-0.39, 0.29) is 4.99 Å². The van der Waals surface area contributed by atoms with Crippen LogP contribution in [0, 0.1) is 6.92 Å². The zero-order valence-corrected chi connectivity index (χ0v) is 12.4. The van der Waals surface area contributed by atoms with Crippen molar-refractivity contribution in [2.75, 3.05) is 11.9 Å². The Hall–Kier alpha value is -1.60. The van der Waals surface area contributed by atoms with Crippen LogP contribution in [-0.2, 0) is 0 Å². The molecule has 2 rings (SSSR count). The summed E-state index contributed by atoms with van der Waals surface area (Å²) in [5.41, 5.74) is 7.01. The molecule has 0 saturated carbocycles. The maximum atomic E-state index is 5.59. The van der Waals surface area contributed by atoms with Crippen LogP contribution >= 0.6 is 23.6 Å². The average molecular weight is 293 g/mol. The molecule has 5 nitrogen and oxygen atoms in total. The third-order valence-corrected chi connectivity index (χ3v) is 3.76. The van der Waals surface area contributed by atoms with Gasteiger partial charge in [-0.15, -0.1) is 11.3 Å². The van der Waals surface area contributed by atoms with Crippen molar-refractivity contribution in [1.29, 1.82) is 0 Å². The zero-order chi connectivity index (χ0) is 13.8. The molecule has 0 aromatic carbocycles. The van der Waals surface area contributed by atoms with Crippen molar-refractivity contribution in [2.24, 2.45) is 5.73 Å². The van der Waals surface area contributed by atoms with Crippen LogP contribution in [0.25, 0.3) is 0 Å². The van der Waals surface area contributed by atoms with Crippen LogP contribution in [0.2, 0.25) is 0 Å². The molecule has 3 N–H and O–H groups in total. The van der Waals surface area contributed by atoms with E-state index in [2.05, 4.69) is 27.2 Å². The molecule has 0 radical (unpaired) electrons. The second-order valence-electron chi connectivity index (χ2n) is 4.23. The van der Waals surface area contributed by atoms with Gasteiger partial charge in [-0.25, -0.2) is 15.0 Å². The maximum Gasteiger partial charge on any atom is 0.223 e. The number of nitrogens with one attached hydrogen (secondary N) is 1. The minimum Gasteiger partial charge on any atom is -0.388 e. The third kappa shape index (κ3) is 3.68.